The van der Waals surface area contributed by atoms with Crippen LogP contribution >= 0.6 is 0 Å². The molecule has 0 aromatic carbocycles. The third-order valence-corrected chi connectivity index (χ3v) is 2.51. The van der Waals surface area contributed by atoms with Crippen LogP contribution in [0.5, 0.6) is 0 Å². The van der Waals surface area contributed by atoms with E-state index in [-0.39, 0.29) is 0 Å². The zero-order valence-electron chi connectivity index (χ0n) is 10.9. The minimum atomic E-state index is 0.438. The summed E-state index contributed by atoms with van der Waals surface area (Å²) in [6.45, 7) is 9.34. The van der Waals surface area contributed by atoms with E-state index in [2.05, 4.69) is 48.0 Å². The first kappa shape index (κ1) is 12.7. The van der Waals surface area contributed by atoms with Crippen LogP contribution in [0.25, 0.3) is 0 Å². The van der Waals surface area contributed by atoms with E-state index < -0.39 is 0 Å². The van der Waals surface area contributed by atoms with E-state index in [0.29, 0.717) is 6.04 Å². The molecule has 4 heteroatoms. The third kappa shape index (κ3) is 3.36. The Bertz CT molecular complexity index is 336. The normalized spacial score (nSPS) is 10.6. The van der Waals surface area contributed by atoms with Crippen molar-refractivity contribution in [1.29, 1.82) is 0 Å². The SMILES string of the molecule is CCCNc1nc(C)cc(N(C)C(C)C)n1. The zero-order valence-corrected chi connectivity index (χ0v) is 10.9. The van der Waals surface area contributed by atoms with Crippen molar-refractivity contribution in [3.63, 3.8) is 0 Å². The maximum absolute atomic E-state index is 4.50. The molecule has 0 fully saturated rings. The molecule has 0 aliphatic heterocycles. The number of nitrogens with zero attached hydrogens (tertiary/aromatic N) is 3. The fourth-order valence-corrected chi connectivity index (χ4v) is 1.31. The fraction of sp³-hybridized carbons (Fsp3) is 0.667. The first-order chi connectivity index (χ1) is 7.54. The summed E-state index contributed by atoms with van der Waals surface area (Å²) in [7, 11) is 2.05. The van der Waals surface area contributed by atoms with Crippen molar-refractivity contribution in [3.05, 3.63) is 11.8 Å². The maximum Gasteiger partial charge on any atom is 0.224 e. The Morgan fingerprint density at radius 2 is 2.06 bits per heavy atom. The highest BCUT2D eigenvalue weighted by Crippen LogP contribution is 2.15. The molecular formula is C12H22N4. The van der Waals surface area contributed by atoms with E-state index in [1.807, 2.05) is 13.0 Å². The van der Waals surface area contributed by atoms with Crippen LogP contribution in [0, 0.1) is 6.92 Å². The van der Waals surface area contributed by atoms with Gasteiger partial charge in [-0.3, -0.25) is 0 Å². The van der Waals surface area contributed by atoms with E-state index in [1.165, 1.54) is 0 Å². The summed E-state index contributed by atoms with van der Waals surface area (Å²) < 4.78 is 0. The van der Waals surface area contributed by atoms with Crippen LogP contribution in [0.1, 0.15) is 32.9 Å². The van der Waals surface area contributed by atoms with Crippen LogP contribution in [0.3, 0.4) is 0 Å². The Morgan fingerprint density at radius 3 is 2.62 bits per heavy atom. The number of aromatic nitrogens is 2. The zero-order chi connectivity index (χ0) is 12.1. The molecule has 90 valence electrons. The molecule has 0 bridgehead atoms. The van der Waals surface area contributed by atoms with E-state index in [0.717, 1.165) is 30.4 Å². The monoisotopic (exact) mass is 222 g/mol. The van der Waals surface area contributed by atoms with Crippen LogP contribution in [0.2, 0.25) is 0 Å². The van der Waals surface area contributed by atoms with Crippen LogP contribution in [0.4, 0.5) is 11.8 Å². The Kier molecular flexibility index (Phi) is 4.52. The quantitative estimate of drug-likeness (QED) is 0.831. The summed E-state index contributed by atoms with van der Waals surface area (Å²) in [6.07, 6.45) is 1.08. The van der Waals surface area contributed by atoms with Gasteiger partial charge >= 0.3 is 0 Å². The highest BCUT2D eigenvalue weighted by atomic mass is 15.2. The van der Waals surface area contributed by atoms with Gasteiger partial charge in [0.25, 0.3) is 0 Å². The molecule has 1 rings (SSSR count). The number of hydrogen-bond acceptors (Lipinski definition) is 4. The van der Waals surface area contributed by atoms with Gasteiger partial charge in [-0.25, -0.2) is 4.98 Å². The molecule has 0 atom stereocenters. The van der Waals surface area contributed by atoms with E-state index >= 15 is 0 Å². The molecular weight excluding hydrogens is 200 g/mol. The van der Waals surface area contributed by atoms with Gasteiger partial charge in [0.2, 0.25) is 5.95 Å². The van der Waals surface area contributed by atoms with Gasteiger partial charge in [0, 0.05) is 31.4 Å². The molecule has 4 nitrogen and oxygen atoms in total. The molecule has 0 unspecified atom stereocenters. The molecule has 0 radical (unpaired) electrons. The minimum absolute atomic E-state index is 0.438. The van der Waals surface area contributed by atoms with Crippen LogP contribution in [0.15, 0.2) is 6.07 Å². The average Bonchev–Trinajstić information content (AvgIpc) is 2.24. The second-order valence-electron chi connectivity index (χ2n) is 4.32. The Balaban J connectivity index is 2.89. The predicted octanol–water partition coefficient (Wildman–Crippen LogP) is 2.45. The summed E-state index contributed by atoms with van der Waals surface area (Å²) in [5, 5.41) is 3.22. The first-order valence-corrected chi connectivity index (χ1v) is 5.87. The molecule has 0 saturated carbocycles. The van der Waals surface area contributed by atoms with Crippen molar-refractivity contribution in [1.82, 2.24) is 9.97 Å². The van der Waals surface area contributed by atoms with Crippen molar-refractivity contribution in [2.45, 2.75) is 40.2 Å². The molecule has 0 aliphatic rings. The lowest BCUT2D eigenvalue weighted by atomic mass is 10.3. The minimum Gasteiger partial charge on any atom is -0.357 e. The third-order valence-electron chi connectivity index (χ3n) is 2.51. The molecule has 1 aromatic heterocycles. The number of hydrogen-bond donors (Lipinski definition) is 1. The Morgan fingerprint density at radius 1 is 1.38 bits per heavy atom. The highest BCUT2D eigenvalue weighted by Gasteiger charge is 2.08. The standard InChI is InChI=1S/C12H22N4/c1-6-7-13-12-14-10(4)8-11(15-12)16(5)9(2)3/h8-9H,6-7H2,1-5H3,(H,13,14,15). The predicted molar refractivity (Wildman–Crippen MR) is 69.1 cm³/mol. The van der Waals surface area contributed by atoms with Crippen molar-refractivity contribution < 1.29 is 0 Å². The van der Waals surface area contributed by atoms with Crippen molar-refractivity contribution in [2.75, 3.05) is 23.8 Å². The first-order valence-electron chi connectivity index (χ1n) is 5.87. The number of rotatable bonds is 5. The molecule has 0 saturated heterocycles. The second kappa shape index (κ2) is 5.68. The Labute approximate surface area is 98.1 Å². The van der Waals surface area contributed by atoms with E-state index in [4.69, 9.17) is 0 Å². The van der Waals surface area contributed by atoms with Crippen molar-refractivity contribution >= 4 is 11.8 Å². The van der Waals surface area contributed by atoms with Gasteiger partial charge < -0.3 is 10.2 Å². The second-order valence-corrected chi connectivity index (χ2v) is 4.32. The molecule has 1 heterocycles. The molecule has 0 amide bonds. The lowest BCUT2D eigenvalue weighted by Crippen LogP contribution is -2.27. The summed E-state index contributed by atoms with van der Waals surface area (Å²) >= 11 is 0. The van der Waals surface area contributed by atoms with Crippen LogP contribution < -0.4 is 10.2 Å². The summed E-state index contributed by atoms with van der Waals surface area (Å²) in [6, 6.07) is 2.45. The van der Waals surface area contributed by atoms with Crippen molar-refractivity contribution in [3.8, 4) is 0 Å². The van der Waals surface area contributed by atoms with Crippen LogP contribution in [-0.4, -0.2) is 29.6 Å². The van der Waals surface area contributed by atoms with E-state index in [1.54, 1.807) is 0 Å². The highest BCUT2D eigenvalue weighted by molar-refractivity contribution is 5.44. The molecule has 0 spiro atoms. The Hall–Kier alpha value is -1.32. The molecule has 1 N–H and O–H groups in total. The summed E-state index contributed by atoms with van der Waals surface area (Å²) in [5.74, 6) is 1.70. The molecule has 1 aromatic rings. The van der Waals surface area contributed by atoms with Gasteiger partial charge in [-0.05, 0) is 27.2 Å². The number of anilines is 2. The smallest absolute Gasteiger partial charge is 0.224 e. The topological polar surface area (TPSA) is 41.1 Å². The maximum atomic E-state index is 4.50. The average molecular weight is 222 g/mol. The van der Waals surface area contributed by atoms with Crippen molar-refractivity contribution in [2.24, 2.45) is 0 Å². The largest absolute Gasteiger partial charge is 0.357 e. The van der Waals surface area contributed by atoms with Gasteiger partial charge in [-0.15, -0.1) is 0 Å². The van der Waals surface area contributed by atoms with E-state index in [9.17, 15) is 0 Å². The van der Waals surface area contributed by atoms with Gasteiger partial charge in [-0.2, -0.15) is 4.98 Å². The van der Waals surface area contributed by atoms with Gasteiger partial charge in [0.15, 0.2) is 0 Å². The summed E-state index contributed by atoms with van der Waals surface area (Å²) in [5.41, 5.74) is 0.996. The van der Waals surface area contributed by atoms with Crippen LogP contribution in [-0.2, 0) is 0 Å². The number of nitrogens with one attached hydrogen (secondary N) is 1. The molecule has 16 heavy (non-hydrogen) atoms. The fourth-order valence-electron chi connectivity index (χ4n) is 1.31. The number of aryl methyl sites for hydroxylation is 1. The van der Waals surface area contributed by atoms with Gasteiger partial charge in [0.05, 0.1) is 0 Å². The summed E-state index contributed by atoms with van der Waals surface area (Å²) in [4.78, 5) is 11.0. The van der Waals surface area contributed by atoms with Gasteiger partial charge in [-0.1, -0.05) is 6.92 Å². The lowest BCUT2D eigenvalue weighted by molar-refractivity contribution is 0.740. The lowest BCUT2D eigenvalue weighted by Gasteiger charge is -2.23. The van der Waals surface area contributed by atoms with Gasteiger partial charge in [0.1, 0.15) is 5.82 Å². The molecule has 0 aliphatic carbocycles.